The van der Waals surface area contributed by atoms with Crippen LogP contribution in [0.15, 0.2) is 41.3 Å². The monoisotopic (exact) mass is 352 g/mol. The van der Waals surface area contributed by atoms with E-state index in [1.54, 1.807) is 12.3 Å². The first-order valence-electron chi connectivity index (χ1n) is 9.25. The maximum atomic E-state index is 12.6. The fourth-order valence-corrected chi connectivity index (χ4v) is 4.24. The van der Waals surface area contributed by atoms with Gasteiger partial charge in [-0.05, 0) is 37.0 Å². The summed E-state index contributed by atoms with van der Waals surface area (Å²) in [5.74, 6) is 0.602. The Labute approximate surface area is 152 Å². The molecule has 136 valence electrons. The minimum absolute atomic E-state index is 0.0139. The number of pyridine rings is 2. The average Bonchev–Trinajstić information content (AvgIpc) is 2.64. The van der Waals surface area contributed by atoms with E-state index >= 15 is 0 Å². The molecule has 6 nitrogen and oxygen atoms in total. The molecule has 2 aliphatic heterocycles. The van der Waals surface area contributed by atoms with Crippen LogP contribution in [-0.2, 0) is 13.0 Å². The van der Waals surface area contributed by atoms with E-state index in [1.807, 2.05) is 40.7 Å². The van der Waals surface area contributed by atoms with Gasteiger partial charge in [0.2, 0.25) is 0 Å². The van der Waals surface area contributed by atoms with E-state index in [-0.39, 0.29) is 17.5 Å². The minimum Gasteiger partial charge on any atom is -0.338 e. The first kappa shape index (κ1) is 16.8. The predicted molar refractivity (Wildman–Crippen MR) is 99.2 cm³/mol. The number of hydrogen-bond donors (Lipinski definition) is 1. The standard InChI is InChI=1S/C20H24N4O2/c1-14-4-3-8-21-17(14)7-9-22-20(26)23-11-15-10-16(13-23)18-5-2-6-19(25)24(18)12-15/h2-6,8,15-16H,7,9-13H2,1H3,(H,22,26)/t15-,16+/m0/s1. The number of piperidine rings is 1. The summed E-state index contributed by atoms with van der Waals surface area (Å²) in [6.45, 7) is 4.72. The molecule has 1 fully saturated rings. The largest absolute Gasteiger partial charge is 0.338 e. The Morgan fingerprint density at radius 2 is 2.12 bits per heavy atom. The molecular formula is C20H24N4O2. The van der Waals surface area contributed by atoms with Crippen molar-refractivity contribution in [2.24, 2.45) is 5.92 Å². The maximum Gasteiger partial charge on any atom is 0.317 e. The summed E-state index contributed by atoms with van der Waals surface area (Å²) in [5, 5.41) is 3.03. The van der Waals surface area contributed by atoms with Gasteiger partial charge in [-0.2, -0.15) is 0 Å². The summed E-state index contributed by atoms with van der Waals surface area (Å²) >= 11 is 0. The van der Waals surface area contributed by atoms with E-state index < -0.39 is 0 Å². The Bertz CT molecular complexity index is 876. The van der Waals surface area contributed by atoms with Gasteiger partial charge in [0.15, 0.2) is 0 Å². The molecule has 0 saturated carbocycles. The third-order valence-electron chi connectivity index (χ3n) is 5.52. The Kier molecular flexibility index (Phi) is 4.49. The molecule has 0 aromatic carbocycles. The molecule has 0 aliphatic carbocycles. The Hall–Kier alpha value is -2.63. The van der Waals surface area contributed by atoms with Crippen LogP contribution in [0.3, 0.4) is 0 Å². The number of likely N-dealkylation sites (tertiary alicyclic amines) is 1. The zero-order valence-corrected chi connectivity index (χ0v) is 15.0. The topological polar surface area (TPSA) is 67.2 Å². The molecule has 0 spiro atoms. The van der Waals surface area contributed by atoms with Crippen LogP contribution in [-0.4, -0.2) is 40.1 Å². The van der Waals surface area contributed by atoms with Crippen LogP contribution < -0.4 is 10.9 Å². The summed E-state index contributed by atoms with van der Waals surface area (Å²) in [5.41, 5.74) is 3.31. The van der Waals surface area contributed by atoms with Gasteiger partial charge in [0, 0.05) is 62.2 Å². The third-order valence-corrected chi connectivity index (χ3v) is 5.52. The van der Waals surface area contributed by atoms with Crippen molar-refractivity contribution >= 4 is 6.03 Å². The van der Waals surface area contributed by atoms with Crippen molar-refractivity contribution in [3.8, 4) is 0 Å². The van der Waals surface area contributed by atoms with Crippen LogP contribution in [0.2, 0.25) is 0 Å². The lowest BCUT2D eigenvalue weighted by atomic mass is 9.83. The van der Waals surface area contributed by atoms with Gasteiger partial charge >= 0.3 is 6.03 Å². The van der Waals surface area contributed by atoms with Crippen LogP contribution in [0.4, 0.5) is 4.79 Å². The van der Waals surface area contributed by atoms with Crippen molar-refractivity contribution in [2.75, 3.05) is 19.6 Å². The molecule has 1 N–H and O–H groups in total. The van der Waals surface area contributed by atoms with Crippen molar-refractivity contribution in [1.29, 1.82) is 0 Å². The fraction of sp³-hybridized carbons (Fsp3) is 0.450. The number of carbonyl (C=O) groups is 1. The molecule has 0 unspecified atom stereocenters. The molecule has 1 saturated heterocycles. The predicted octanol–water partition coefficient (Wildman–Crippen LogP) is 1.92. The zero-order valence-electron chi connectivity index (χ0n) is 15.0. The zero-order chi connectivity index (χ0) is 18.1. The molecular weight excluding hydrogens is 328 g/mol. The number of fused-ring (bicyclic) bond motifs is 4. The number of nitrogens with zero attached hydrogens (tertiary/aromatic N) is 3. The average molecular weight is 352 g/mol. The second-order valence-corrected chi connectivity index (χ2v) is 7.35. The first-order valence-corrected chi connectivity index (χ1v) is 9.25. The Balaban J connectivity index is 1.38. The van der Waals surface area contributed by atoms with E-state index in [2.05, 4.69) is 10.3 Å². The van der Waals surface area contributed by atoms with Gasteiger partial charge in [0.05, 0.1) is 0 Å². The Morgan fingerprint density at radius 3 is 2.96 bits per heavy atom. The van der Waals surface area contributed by atoms with Gasteiger partial charge in [-0.3, -0.25) is 9.78 Å². The van der Waals surface area contributed by atoms with Crippen molar-refractivity contribution in [3.05, 3.63) is 63.8 Å². The smallest absolute Gasteiger partial charge is 0.317 e. The van der Waals surface area contributed by atoms with Crippen LogP contribution in [0.5, 0.6) is 0 Å². The van der Waals surface area contributed by atoms with Gasteiger partial charge < -0.3 is 14.8 Å². The lowest BCUT2D eigenvalue weighted by molar-refractivity contribution is 0.131. The van der Waals surface area contributed by atoms with Gasteiger partial charge in [-0.25, -0.2) is 4.79 Å². The molecule has 26 heavy (non-hydrogen) atoms. The Morgan fingerprint density at radius 1 is 1.23 bits per heavy atom. The fourth-order valence-electron chi connectivity index (χ4n) is 4.24. The first-order chi connectivity index (χ1) is 12.6. The third kappa shape index (κ3) is 3.23. The molecule has 2 aromatic rings. The number of nitrogens with one attached hydrogen (secondary N) is 1. The van der Waals surface area contributed by atoms with Crippen molar-refractivity contribution in [1.82, 2.24) is 19.8 Å². The summed E-state index contributed by atoms with van der Waals surface area (Å²) in [6, 6.07) is 9.41. The van der Waals surface area contributed by atoms with E-state index in [9.17, 15) is 9.59 Å². The molecule has 2 aliphatic rings. The molecule has 2 aromatic heterocycles. The van der Waals surface area contributed by atoms with E-state index in [0.717, 1.165) is 29.8 Å². The van der Waals surface area contributed by atoms with Crippen molar-refractivity contribution < 1.29 is 4.79 Å². The maximum absolute atomic E-state index is 12.6. The van der Waals surface area contributed by atoms with E-state index in [4.69, 9.17) is 0 Å². The van der Waals surface area contributed by atoms with Gasteiger partial charge in [-0.1, -0.05) is 12.1 Å². The van der Waals surface area contributed by atoms with Crippen molar-refractivity contribution in [2.45, 2.75) is 32.2 Å². The van der Waals surface area contributed by atoms with Gasteiger partial charge in [-0.15, -0.1) is 0 Å². The number of amides is 2. The highest BCUT2D eigenvalue weighted by atomic mass is 16.2. The van der Waals surface area contributed by atoms with Gasteiger partial charge in [0.1, 0.15) is 0 Å². The summed E-state index contributed by atoms with van der Waals surface area (Å²) < 4.78 is 1.89. The minimum atomic E-state index is -0.0139. The molecule has 4 heterocycles. The second-order valence-electron chi connectivity index (χ2n) is 7.35. The number of urea groups is 1. The molecule has 2 atom stereocenters. The lowest BCUT2D eigenvalue weighted by Gasteiger charge is -2.42. The van der Waals surface area contributed by atoms with Crippen LogP contribution in [0.25, 0.3) is 0 Å². The number of rotatable bonds is 3. The van der Waals surface area contributed by atoms with Crippen molar-refractivity contribution in [3.63, 3.8) is 0 Å². The lowest BCUT2D eigenvalue weighted by Crippen LogP contribution is -2.52. The molecule has 2 bridgehead atoms. The molecule has 4 rings (SSSR count). The molecule has 0 radical (unpaired) electrons. The van der Waals surface area contributed by atoms with Crippen LogP contribution in [0, 0.1) is 12.8 Å². The summed E-state index contributed by atoms with van der Waals surface area (Å²) in [4.78, 5) is 31.0. The van der Waals surface area contributed by atoms with E-state index in [1.165, 1.54) is 0 Å². The number of carbonyl (C=O) groups excluding carboxylic acids is 1. The highest BCUT2D eigenvalue weighted by molar-refractivity contribution is 5.74. The summed E-state index contributed by atoms with van der Waals surface area (Å²) in [7, 11) is 0. The van der Waals surface area contributed by atoms with E-state index in [0.29, 0.717) is 32.1 Å². The highest BCUT2D eigenvalue weighted by Gasteiger charge is 2.36. The second kappa shape index (κ2) is 6.94. The molecule has 2 amide bonds. The summed E-state index contributed by atoms with van der Waals surface area (Å²) in [6.07, 6.45) is 3.58. The number of hydrogen-bond acceptors (Lipinski definition) is 3. The van der Waals surface area contributed by atoms with Crippen LogP contribution >= 0.6 is 0 Å². The normalized spacial score (nSPS) is 21.2. The number of aryl methyl sites for hydroxylation is 1. The molecule has 6 heteroatoms. The number of aromatic nitrogens is 2. The quantitative estimate of drug-likeness (QED) is 0.918. The highest BCUT2D eigenvalue weighted by Crippen LogP contribution is 2.34. The van der Waals surface area contributed by atoms with Gasteiger partial charge in [0.25, 0.3) is 5.56 Å². The SMILES string of the molecule is Cc1cccnc1CCNC(=O)N1C[C@@H]2C[C@H](C1)c1cccc(=O)n1C2. The van der Waals surface area contributed by atoms with Crippen LogP contribution in [0.1, 0.15) is 29.3 Å².